The average Bonchev–Trinajstić information content (AvgIpc) is 2.48. The van der Waals surface area contributed by atoms with Gasteiger partial charge in [0, 0.05) is 0 Å². The summed E-state index contributed by atoms with van der Waals surface area (Å²) in [7, 11) is 1.63. The van der Waals surface area contributed by atoms with Crippen LogP contribution in [0.1, 0.15) is 38.2 Å². The van der Waals surface area contributed by atoms with Gasteiger partial charge in [-0.05, 0) is 43.4 Å². The van der Waals surface area contributed by atoms with E-state index in [0.717, 1.165) is 37.0 Å². The third-order valence-electron chi connectivity index (χ3n) is 3.12. The first kappa shape index (κ1) is 16.5. The van der Waals surface area contributed by atoms with Crippen molar-refractivity contribution in [3.63, 3.8) is 0 Å². The maximum absolute atomic E-state index is 11.5. The second-order valence-electron chi connectivity index (χ2n) is 4.78. The van der Waals surface area contributed by atoms with Gasteiger partial charge in [-0.25, -0.2) is 4.79 Å². The number of aryl methyl sites for hydroxylation is 1. The van der Waals surface area contributed by atoms with Crippen LogP contribution in [0.25, 0.3) is 0 Å². The number of esters is 1. The lowest BCUT2D eigenvalue weighted by Crippen LogP contribution is -2.23. The van der Waals surface area contributed by atoms with Crippen molar-refractivity contribution in [3.05, 3.63) is 29.8 Å². The summed E-state index contributed by atoms with van der Waals surface area (Å²) < 4.78 is 10.1. The third-order valence-corrected chi connectivity index (χ3v) is 3.12. The van der Waals surface area contributed by atoms with E-state index in [9.17, 15) is 9.90 Å². The predicted octanol–water partition coefficient (Wildman–Crippen LogP) is 2.72. The van der Waals surface area contributed by atoms with Crippen LogP contribution < -0.4 is 4.74 Å². The molecule has 0 aromatic heterocycles. The normalized spacial score (nSPS) is 11.9. The van der Waals surface area contributed by atoms with E-state index in [1.165, 1.54) is 0 Å². The molecule has 0 saturated carbocycles. The van der Waals surface area contributed by atoms with Crippen LogP contribution in [0.5, 0.6) is 5.75 Å². The first-order valence-electron chi connectivity index (χ1n) is 7.15. The highest BCUT2D eigenvalue weighted by Gasteiger charge is 2.15. The van der Waals surface area contributed by atoms with E-state index in [1.807, 2.05) is 31.2 Å². The van der Waals surface area contributed by atoms with Crippen molar-refractivity contribution in [1.82, 2.24) is 0 Å². The van der Waals surface area contributed by atoms with Gasteiger partial charge < -0.3 is 14.6 Å². The third kappa shape index (κ3) is 6.06. The van der Waals surface area contributed by atoms with Gasteiger partial charge >= 0.3 is 5.97 Å². The molecule has 0 aliphatic rings. The van der Waals surface area contributed by atoms with Crippen LogP contribution in [0.15, 0.2) is 24.3 Å². The Labute approximate surface area is 120 Å². The van der Waals surface area contributed by atoms with Crippen LogP contribution in [-0.2, 0) is 16.0 Å². The molecule has 0 aliphatic heterocycles. The molecular formula is C16H24O4. The number of benzene rings is 1. The van der Waals surface area contributed by atoms with Gasteiger partial charge in [-0.3, -0.25) is 0 Å². The molecule has 0 saturated heterocycles. The van der Waals surface area contributed by atoms with Gasteiger partial charge in [-0.1, -0.05) is 25.5 Å². The number of aliphatic hydroxyl groups excluding tert-OH is 1. The number of carbonyl (C=O) groups excluding carboxylic acids is 1. The first-order chi connectivity index (χ1) is 9.67. The van der Waals surface area contributed by atoms with Crippen LogP contribution in [-0.4, -0.2) is 30.9 Å². The van der Waals surface area contributed by atoms with Crippen molar-refractivity contribution < 1.29 is 19.4 Å². The van der Waals surface area contributed by atoms with E-state index >= 15 is 0 Å². The molecule has 0 spiro atoms. The number of hydrogen-bond acceptors (Lipinski definition) is 4. The summed E-state index contributed by atoms with van der Waals surface area (Å²) in [5.41, 5.74) is 1.16. The molecule has 1 rings (SSSR count). The number of hydrogen-bond donors (Lipinski definition) is 1. The van der Waals surface area contributed by atoms with E-state index in [2.05, 4.69) is 0 Å². The molecule has 0 heterocycles. The Kier molecular flexibility index (Phi) is 7.73. The van der Waals surface area contributed by atoms with Crippen molar-refractivity contribution in [2.75, 3.05) is 13.7 Å². The summed E-state index contributed by atoms with van der Waals surface area (Å²) in [6.45, 7) is 2.42. The van der Waals surface area contributed by atoms with Gasteiger partial charge in [0.2, 0.25) is 0 Å². The van der Waals surface area contributed by atoms with Crippen molar-refractivity contribution in [2.24, 2.45) is 0 Å². The maximum Gasteiger partial charge on any atom is 0.334 e. The topological polar surface area (TPSA) is 55.8 Å². The molecule has 0 radical (unpaired) electrons. The van der Waals surface area contributed by atoms with Crippen LogP contribution >= 0.6 is 0 Å². The van der Waals surface area contributed by atoms with Gasteiger partial charge in [0.1, 0.15) is 5.75 Å². The lowest BCUT2D eigenvalue weighted by atomic mass is 10.1. The average molecular weight is 280 g/mol. The lowest BCUT2D eigenvalue weighted by Gasteiger charge is -2.10. The quantitative estimate of drug-likeness (QED) is 0.558. The summed E-state index contributed by atoms with van der Waals surface area (Å²) in [6, 6.07) is 7.80. The second-order valence-corrected chi connectivity index (χ2v) is 4.78. The summed E-state index contributed by atoms with van der Waals surface area (Å²) in [5.74, 6) is 0.321. The van der Waals surface area contributed by atoms with Crippen LogP contribution in [0.4, 0.5) is 0 Å². The minimum absolute atomic E-state index is 0.394. The van der Waals surface area contributed by atoms with E-state index in [0.29, 0.717) is 13.0 Å². The van der Waals surface area contributed by atoms with Crippen LogP contribution in [0.3, 0.4) is 0 Å². The summed E-state index contributed by atoms with van der Waals surface area (Å²) in [6.07, 6.45) is 2.80. The molecule has 1 N–H and O–H groups in total. The highest BCUT2D eigenvalue weighted by Crippen LogP contribution is 2.14. The summed E-state index contributed by atoms with van der Waals surface area (Å²) >= 11 is 0. The highest BCUT2D eigenvalue weighted by atomic mass is 16.5. The zero-order valence-electron chi connectivity index (χ0n) is 12.3. The standard InChI is InChI=1S/C16H24O4/c1-3-4-12-20-16(18)15(17)7-5-6-13-8-10-14(19-2)11-9-13/h8-11,15,17H,3-7,12H2,1-2H3/t15-/m1/s1. The predicted molar refractivity (Wildman–Crippen MR) is 77.8 cm³/mol. The Morgan fingerprint density at radius 3 is 2.55 bits per heavy atom. The number of aliphatic hydroxyl groups is 1. The highest BCUT2D eigenvalue weighted by molar-refractivity contribution is 5.74. The Hall–Kier alpha value is -1.55. The molecule has 0 amide bonds. The largest absolute Gasteiger partial charge is 0.497 e. The van der Waals surface area contributed by atoms with E-state index in [1.54, 1.807) is 7.11 Å². The zero-order chi connectivity index (χ0) is 14.8. The minimum Gasteiger partial charge on any atom is -0.497 e. The van der Waals surface area contributed by atoms with Gasteiger partial charge in [0.05, 0.1) is 13.7 Å². The molecule has 4 heteroatoms. The SMILES string of the molecule is CCCCOC(=O)[C@H](O)CCCc1ccc(OC)cc1. The van der Waals surface area contributed by atoms with E-state index < -0.39 is 12.1 Å². The van der Waals surface area contributed by atoms with E-state index in [-0.39, 0.29) is 0 Å². The molecule has 112 valence electrons. The Bertz CT molecular complexity index is 386. The smallest absolute Gasteiger partial charge is 0.334 e. The van der Waals surface area contributed by atoms with Crippen molar-refractivity contribution in [3.8, 4) is 5.75 Å². The van der Waals surface area contributed by atoms with E-state index in [4.69, 9.17) is 9.47 Å². The fourth-order valence-electron chi connectivity index (χ4n) is 1.82. The number of ether oxygens (including phenoxy) is 2. The molecule has 1 atom stereocenters. The Morgan fingerprint density at radius 2 is 1.95 bits per heavy atom. The fraction of sp³-hybridized carbons (Fsp3) is 0.562. The van der Waals surface area contributed by atoms with Gasteiger partial charge in [0.15, 0.2) is 6.10 Å². The maximum atomic E-state index is 11.5. The van der Waals surface area contributed by atoms with Crippen LogP contribution in [0.2, 0.25) is 0 Å². The number of carbonyl (C=O) groups is 1. The van der Waals surface area contributed by atoms with Gasteiger partial charge in [-0.2, -0.15) is 0 Å². The van der Waals surface area contributed by atoms with Crippen molar-refractivity contribution in [2.45, 2.75) is 45.1 Å². The molecule has 1 aromatic rings. The fourth-order valence-corrected chi connectivity index (χ4v) is 1.82. The second kappa shape index (κ2) is 9.37. The summed E-state index contributed by atoms with van der Waals surface area (Å²) in [4.78, 5) is 11.5. The minimum atomic E-state index is -1.01. The number of rotatable bonds is 9. The molecule has 0 aliphatic carbocycles. The molecule has 0 fully saturated rings. The van der Waals surface area contributed by atoms with Crippen molar-refractivity contribution in [1.29, 1.82) is 0 Å². The number of methoxy groups -OCH3 is 1. The summed E-state index contributed by atoms with van der Waals surface area (Å²) in [5, 5.41) is 9.68. The van der Waals surface area contributed by atoms with Crippen molar-refractivity contribution >= 4 is 5.97 Å². The van der Waals surface area contributed by atoms with Gasteiger partial charge in [0.25, 0.3) is 0 Å². The molecule has 20 heavy (non-hydrogen) atoms. The Morgan fingerprint density at radius 1 is 1.25 bits per heavy atom. The molecule has 4 nitrogen and oxygen atoms in total. The molecule has 0 unspecified atom stereocenters. The zero-order valence-corrected chi connectivity index (χ0v) is 12.3. The number of unbranched alkanes of at least 4 members (excludes halogenated alkanes) is 1. The molecule has 1 aromatic carbocycles. The van der Waals surface area contributed by atoms with Crippen LogP contribution in [0, 0.1) is 0 Å². The Balaban J connectivity index is 2.23. The molecular weight excluding hydrogens is 256 g/mol. The van der Waals surface area contributed by atoms with Gasteiger partial charge in [-0.15, -0.1) is 0 Å². The first-order valence-corrected chi connectivity index (χ1v) is 7.15. The monoisotopic (exact) mass is 280 g/mol. The lowest BCUT2D eigenvalue weighted by molar-refractivity contribution is -0.154. The molecule has 0 bridgehead atoms.